The lowest BCUT2D eigenvalue weighted by Gasteiger charge is -2.26. The molecule has 0 amide bonds. The zero-order valence-electron chi connectivity index (χ0n) is 12.3. The standard InChI is InChI=1S/C17H19NO3/c1-19-15-8-12(9-18-10-15)6-13-7-14-4-3-5-16(20-2)17(14)21-11-13/h3-5,8-10,13H,6-7,11H2,1-2H3. The largest absolute Gasteiger partial charge is 0.495 e. The molecule has 0 saturated heterocycles. The van der Waals surface area contributed by atoms with Gasteiger partial charge in [0.25, 0.3) is 0 Å². The number of benzene rings is 1. The lowest BCUT2D eigenvalue weighted by atomic mass is 9.91. The number of nitrogens with zero attached hydrogens (tertiary/aromatic N) is 1. The van der Waals surface area contributed by atoms with Crippen LogP contribution in [-0.4, -0.2) is 25.8 Å². The van der Waals surface area contributed by atoms with Gasteiger partial charge in [-0.25, -0.2) is 0 Å². The van der Waals surface area contributed by atoms with Gasteiger partial charge in [-0.15, -0.1) is 0 Å². The Morgan fingerprint density at radius 2 is 2.14 bits per heavy atom. The molecular weight excluding hydrogens is 266 g/mol. The molecule has 4 heteroatoms. The highest BCUT2D eigenvalue weighted by atomic mass is 16.5. The summed E-state index contributed by atoms with van der Waals surface area (Å²) in [6.07, 6.45) is 5.54. The molecule has 2 aromatic rings. The van der Waals surface area contributed by atoms with Crippen LogP contribution in [0.5, 0.6) is 17.2 Å². The molecule has 1 atom stereocenters. The molecule has 1 aromatic carbocycles. The fourth-order valence-corrected chi connectivity index (χ4v) is 2.77. The van der Waals surface area contributed by atoms with Crippen molar-refractivity contribution in [1.29, 1.82) is 0 Å². The highest BCUT2D eigenvalue weighted by molar-refractivity contribution is 5.47. The molecule has 4 nitrogen and oxygen atoms in total. The normalized spacial score (nSPS) is 16.8. The van der Waals surface area contributed by atoms with Crippen LogP contribution in [-0.2, 0) is 12.8 Å². The fourth-order valence-electron chi connectivity index (χ4n) is 2.77. The van der Waals surface area contributed by atoms with Crippen molar-refractivity contribution in [2.45, 2.75) is 12.8 Å². The highest BCUT2D eigenvalue weighted by Crippen LogP contribution is 2.36. The van der Waals surface area contributed by atoms with Crippen molar-refractivity contribution >= 4 is 0 Å². The summed E-state index contributed by atoms with van der Waals surface area (Å²) in [5.41, 5.74) is 2.38. The van der Waals surface area contributed by atoms with Gasteiger partial charge in [-0.05, 0) is 36.1 Å². The van der Waals surface area contributed by atoms with Gasteiger partial charge in [0.2, 0.25) is 0 Å². The number of fused-ring (bicyclic) bond motifs is 1. The number of hydrogen-bond acceptors (Lipinski definition) is 4. The molecule has 110 valence electrons. The summed E-state index contributed by atoms with van der Waals surface area (Å²) in [5, 5.41) is 0. The van der Waals surface area contributed by atoms with E-state index in [0.29, 0.717) is 12.5 Å². The van der Waals surface area contributed by atoms with Gasteiger partial charge in [0.1, 0.15) is 5.75 Å². The SMILES string of the molecule is COc1cncc(CC2COc3c(cccc3OC)C2)c1. The fraction of sp³-hybridized carbons (Fsp3) is 0.353. The number of rotatable bonds is 4. The third-order valence-corrected chi connectivity index (χ3v) is 3.78. The van der Waals surface area contributed by atoms with Crippen LogP contribution in [0.15, 0.2) is 36.7 Å². The van der Waals surface area contributed by atoms with Gasteiger partial charge >= 0.3 is 0 Å². The molecule has 0 bridgehead atoms. The molecule has 2 heterocycles. The predicted octanol–water partition coefficient (Wildman–Crippen LogP) is 2.89. The number of para-hydroxylation sites is 1. The summed E-state index contributed by atoms with van der Waals surface area (Å²) < 4.78 is 16.5. The zero-order valence-corrected chi connectivity index (χ0v) is 12.3. The predicted molar refractivity (Wildman–Crippen MR) is 80.2 cm³/mol. The van der Waals surface area contributed by atoms with E-state index in [0.717, 1.165) is 30.1 Å². The van der Waals surface area contributed by atoms with Gasteiger partial charge in [0, 0.05) is 12.1 Å². The second-order valence-electron chi connectivity index (χ2n) is 5.27. The maximum Gasteiger partial charge on any atom is 0.164 e. The van der Waals surface area contributed by atoms with E-state index in [1.165, 1.54) is 11.1 Å². The van der Waals surface area contributed by atoms with Gasteiger partial charge in [-0.1, -0.05) is 12.1 Å². The Bertz CT molecular complexity index is 627. The molecule has 1 aliphatic rings. The first-order chi connectivity index (χ1) is 10.3. The van der Waals surface area contributed by atoms with Crippen LogP contribution in [0.4, 0.5) is 0 Å². The van der Waals surface area contributed by atoms with Crippen LogP contribution in [0.3, 0.4) is 0 Å². The molecule has 0 spiro atoms. The molecule has 0 fully saturated rings. The van der Waals surface area contributed by atoms with Gasteiger partial charge in [-0.2, -0.15) is 0 Å². The first-order valence-electron chi connectivity index (χ1n) is 7.06. The van der Waals surface area contributed by atoms with Crippen molar-refractivity contribution in [2.24, 2.45) is 5.92 Å². The number of aromatic nitrogens is 1. The Balaban J connectivity index is 1.74. The van der Waals surface area contributed by atoms with Crippen LogP contribution in [0, 0.1) is 5.92 Å². The highest BCUT2D eigenvalue weighted by Gasteiger charge is 2.23. The molecule has 1 aromatic heterocycles. The van der Waals surface area contributed by atoms with Crippen molar-refractivity contribution in [2.75, 3.05) is 20.8 Å². The summed E-state index contributed by atoms with van der Waals surface area (Å²) in [4.78, 5) is 4.21. The van der Waals surface area contributed by atoms with Gasteiger partial charge in [-0.3, -0.25) is 4.98 Å². The van der Waals surface area contributed by atoms with Crippen molar-refractivity contribution in [3.05, 3.63) is 47.8 Å². The van der Waals surface area contributed by atoms with E-state index >= 15 is 0 Å². The van der Waals surface area contributed by atoms with Gasteiger partial charge in [0.15, 0.2) is 11.5 Å². The Labute approximate surface area is 124 Å². The van der Waals surface area contributed by atoms with E-state index in [9.17, 15) is 0 Å². The minimum Gasteiger partial charge on any atom is -0.495 e. The monoisotopic (exact) mass is 285 g/mol. The summed E-state index contributed by atoms with van der Waals surface area (Å²) in [7, 11) is 3.33. The Morgan fingerprint density at radius 1 is 1.24 bits per heavy atom. The Hall–Kier alpha value is -2.23. The van der Waals surface area contributed by atoms with Gasteiger partial charge < -0.3 is 14.2 Å². The molecule has 0 aliphatic carbocycles. The Morgan fingerprint density at radius 3 is 2.95 bits per heavy atom. The molecule has 0 saturated carbocycles. The number of pyridine rings is 1. The third-order valence-electron chi connectivity index (χ3n) is 3.78. The average Bonchev–Trinajstić information content (AvgIpc) is 2.54. The smallest absolute Gasteiger partial charge is 0.164 e. The van der Waals surface area contributed by atoms with Crippen LogP contribution in [0.2, 0.25) is 0 Å². The number of ether oxygens (including phenoxy) is 3. The Kier molecular flexibility index (Phi) is 3.95. The summed E-state index contributed by atoms with van der Waals surface area (Å²) in [6.45, 7) is 0.699. The summed E-state index contributed by atoms with van der Waals surface area (Å²) >= 11 is 0. The third kappa shape index (κ3) is 2.94. The molecule has 0 radical (unpaired) electrons. The molecular formula is C17H19NO3. The maximum absolute atomic E-state index is 5.91. The van der Waals surface area contributed by atoms with Crippen molar-refractivity contribution in [3.63, 3.8) is 0 Å². The second-order valence-corrected chi connectivity index (χ2v) is 5.27. The topological polar surface area (TPSA) is 40.6 Å². The first kappa shape index (κ1) is 13.7. The van der Waals surface area contributed by atoms with E-state index in [2.05, 4.69) is 11.1 Å². The first-order valence-corrected chi connectivity index (χ1v) is 7.06. The lowest BCUT2D eigenvalue weighted by Crippen LogP contribution is -2.23. The van der Waals surface area contributed by atoms with Crippen molar-refractivity contribution in [1.82, 2.24) is 4.98 Å². The molecule has 1 unspecified atom stereocenters. The molecule has 0 N–H and O–H groups in total. The van der Waals surface area contributed by atoms with Crippen LogP contribution < -0.4 is 14.2 Å². The second kappa shape index (κ2) is 6.04. The molecule has 21 heavy (non-hydrogen) atoms. The van der Waals surface area contributed by atoms with E-state index < -0.39 is 0 Å². The molecule has 1 aliphatic heterocycles. The van der Waals surface area contributed by atoms with E-state index in [4.69, 9.17) is 14.2 Å². The van der Waals surface area contributed by atoms with E-state index in [-0.39, 0.29) is 0 Å². The average molecular weight is 285 g/mol. The number of methoxy groups -OCH3 is 2. The van der Waals surface area contributed by atoms with E-state index in [1.807, 2.05) is 24.4 Å². The minimum atomic E-state index is 0.443. The molecule has 3 rings (SSSR count). The van der Waals surface area contributed by atoms with Crippen molar-refractivity contribution < 1.29 is 14.2 Å². The van der Waals surface area contributed by atoms with Gasteiger partial charge in [0.05, 0.1) is 27.0 Å². The van der Waals surface area contributed by atoms with E-state index in [1.54, 1.807) is 20.4 Å². The summed E-state index contributed by atoms with van der Waals surface area (Å²) in [6, 6.07) is 8.09. The quantitative estimate of drug-likeness (QED) is 0.866. The number of hydrogen-bond donors (Lipinski definition) is 0. The minimum absolute atomic E-state index is 0.443. The van der Waals surface area contributed by atoms with Crippen molar-refractivity contribution in [3.8, 4) is 17.2 Å². The van der Waals surface area contributed by atoms with Crippen LogP contribution >= 0.6 is 0 Å². The zero-order chi connectivity index (χ0) is 14.7. The van der Waals surface area contributed by atoms with Crippen LogP contribution in [0.25, 0.3) is 0 Å². The van der Waals surface area contributed by atoms with Crippen LogP contribution in [0.1, 0.15) is 11.1 Å². The summed E-state index contributed by atoms with van der Waals surface area (Å²) in [5.74, 6) is 2.94. The lowest BCUT2D eigenvalue weighted by molar-refractivity contribution is 0.211. The maximum atomic E-state index is 5.91.